The lowest BCUT2D eigenvalue weighted by atomic mass is 9.96. The molecule has 0 N–H and O–H groups in total. The third-order valence-corrected chi connectivity index (χ3v) is 5.04. The third-order valence-electron chi connectivity index (χ3n) is 3.50. The minimum atomic E-state index is -0.204. The van der Waals surface area contributed by atoms with E-state index in [-0.39, 0.29) is 11.2 Å². The number of hydrogen-bond donors (Lipinski definition) is 0. The van der Waals surface area contributed by atoms with Gasteiger partial charge in [0.15, 0.2) is 0 Å². The predicted molar refractivity (Wildman–Crippen MR) is 67.5 cm³/mol. The molecule has 3 nitrogen and oxygen atoms in total. The first-order valence-corrected chi connectivity index (χ1v) is 6.97. The normalized spacial score (nSPS) is 27.4. The first-order valence-electron chi connectivity index (χ1n) is 5.97. The Morgan fingerprint density at radius 2 is 2.19 bits per heavy atom. The molecule has 0 aromatic carbocycles. The zero-order chi connectivity index (χ0) is 12.2. The predicted octanol–water partition coefficient (Wildman–Crippen LogP) is 1.15. The van der Waals surface area contributed by atoms with Gasteiger partial charge in [-0.25, -0.2) is 4.79 Å². The van der Waals surface area contributed by atoms with E-state index in [0.29, 0.717) is 6.42 Å². The molecular formula is C12H22O3Si. The van der Waals surface area contributed by atoms with Crippen LogP contribution < -0.4 is 0 Å². The fraction of sp³-hybridized carbons (Fsp3) is 0.750. The van der Waals surface area contributed by atoms with Crippen LogP contribution in [0.2, 0.25) is 0 Å². The number of methoxy groups -OCH3 is 1. The average Bonchev–Trinajstić information content (AvgIpc) is 2.30. The number of carbonyl (C=O) groups is 1. The molecule has 1 rings (SSSR count). The molecule has 0 aliphatic carbocycles. The van der Waals surface area contributed by atoms with Gasteiger partial charge < -0.3 is 9.47 Å². The van der Waals surface area contributed by atoms with Crippen LogP contribution in [0.5, 0.6) is 0 Å². The van der Waals surface area contributed by atoms with Crippen molar-refractivity contribution in [1.82, 2.24) is 0 Å². The van der Waals surface area contributed by atoms with Crippen LogP contribution >= 0.6 is 0 Å². The van der Waals surface area contributed by atoms with E-state index in [1.807, 2.05) is 13.8 Å². The van der Waals surface area contributed by atoms with E-state index in [2.05, 4.69) is 0 Å². The summed E-state index contributed by atoms with van der Waals surface area (Å²) < 4.78 is 10.7. The van der Waals surface area contributed by atoms with Gasteiger partial charge in [0, 0.05) is 22.4 Å². The van der Waals surface area contributed by atoms with E-state index in [1.54, 1.807) is 0 Å². The van der Waals surface area contributed by atoms with E-state index in [1.165, 1.54) is 13.5 Å². The monoisotopic (exact) mass is 242 g/mol. The number of rotatable bonds is 3. The second kappa shape index (κ2) is 5.64. The summed E-state index contributed by atoms with van der Waals surface area (Å²) in [6.07, 6.45) is 4.09. The highest BCUT2D eigenvalue weighted by Crippen LogP contribution is 2.31. The van der Waals surface area contributed by atoms with Crippen LogP contribution in [0, 0.1) is 0 Å². The fourth-order valence-electron chi connectivity index (χ4n) is 2.23. The Kier molecular flexibility index (Phi) is 4.74. The summed E-state index contributed by atoms with van der Waals surface area (Å²) >= 11 is 0. The molecule has 1 aliphatic rings. The van der Waals surface area contributed by atoms with E-state index in [9.17, 15) is 4.79 Å². The maximum absolute atomic E-state index is 11.6. The highest BCUT2D eigenvalue weighted by Gasteiger charge is 2.32. The van der Waals surface area contributed by atoms with Crippen molar-refractivity contribution < 1.29 is 14.3 Å². The van der Waals surface area contributed by atoms with Crippen LogP contribution in [0.4, 0.5) is 0 Å². The summed E-state index contributed by atoms with van der Waals surface area (Å²) in [5, 5.41) is -0.141. The van der Waals surface area contributed by atoms with Crippen molar-refractivity contribution in [3.05, 3.63) is 11.1 Å². The zero-order valence-corrected chi connectivity index (χ0v) is 12.8. The van der Waals surface area contributed by atoms with Gasteiger partial charge in [0.1, 0.15) is 0 Å². The number of hydrogen-bond acceptors (Lipinski definition) is 3. The van der Waals surface area contributed by atoms with Gasteiger partial charge in [-0.3, -0.25) is 0 Å². The lowest BCUT2D eigenvalue weighted by Crippen LogP contribution is -2.39. The molecule has 4 heteroatoms. The fourth-order valence-corrected chi connectivity index (χ4v) is 3.09. The molecule has 1 saturated heterocycles. The van der Waals surface area contributed by atoms with Crippen molar-refractivity contribution in [2.24, 2.45) is 0 Å². The van der Waals surface area contributed by atoms with Gasteiger partial charge in [-0.1, -0.05) is 6.92 Å². The molecule has 1 heterocycles. The maximum Gasteiger partial charge on any atom is 0.333 e. The topological polar surface area (TPSA) is 35.5 Å². The van der Waals surface area contributed by atoms with Gasteiger partial charge in [-0.2, -0.15) is 0 Å². The molecule has 0 saturated carbocycles. The van der Waals surface area contributed by atoms with E-state index >= 15 is 0 Å². The summed E-state index contributed by atoms with van der Waals surface area (Å²) in [4.78, 5) is 11.6. The SMILES string of the molecule is CCC(C(=O)OC)=C(C)C1([SiH3])CCCCO1. The van der Waals surface area contributed by atoms with Crippen LogP contribution in [0.1, 0.15) is 39.5 Å². The van der Waals surface area contributed by atoms with Crippen LogP contribution in [-0.2, 0) is 14.3 Å². The number of ether oxygens (including phenoxy) is 2. The van der Waals surface area contributed by atoms with Gasteiger partial charge in [-0.05, 0) is 38.2 Å². The van der Waals surface area contributed by atoms with Gasteiger partial charge in [-0.15, -0.1) is 0 Å². The lowest BCUT2D eigenvalue weighted by molar-refractivity contribution is -0.136. The molecule has 1 aliphatic heterocycles. The standard InChI is InChI=1S/C12H22O3Si/c1-4-10(11(13)14-3)9(2)12(16)7-5-6-8-15-12/h4-8H2,1-3,16H3. The minimum absolute atomic E-state index is 0.141. The Labute approximate surface area is 101 Å². The molecule has 1 fully saturated rings. The molecule has 0 aromatic heterocycles. The van der Waals surface area contributed by atoms with Crippen molar-refractivity contribution in [3.63, 3.8) is 0 Å². The van der Waals surface area contributed by atoms with Crippen molar-refractivity contribution in [1.29, 1.82) is 0 Å². The smallest absolute Gasteiger partial charge is 0.333 e. The zero-order valence-electron chi connectivity index (χ0n) is 10.8. The van der Waals surface area contributed by atoms with Gasteiger partial charge >= 0.3 is 5.97 Å². The third kappa shape index (κ3) is 2.74. The Bertz CT molecular complexity index is 291. The van der Waals surface area contributed by atoms with E-state index < -0.39 is 0 Å². The second-order valence-electron chi connectivity index (χ2n) is 4.49. The van der Waals surface area contributed by atoms with Crippen molar-refractivity contribution >= 4 is 16.2 Å². The Hall–Kier alpha value is -0.613. The maximum atomic E-state index is 11.6. The summed E-state index contributed by atoms with van der Waals surface area (Å²) in [6.45, 7) is 4.83. The van der Waals surface area contributed by atoms with E-state index in [0.717, 1.165) is 40.8 Å². The van der Waals surface area contributed by atoms with Crippen LogP contribution in [0.3, 0.4) is 0 Å². The van der Waals surface area contributed by atoms with E-state index in [4.69, 9.17) is 9.47 Å². The molecule has 0 spiro atoms. The molecule has 92 valence electrons. The van der Waals surface area contributed by atoms with Crippen LogP contribution in [-0.4, -0.2) is 35.2 Å². The summed E-state index contributed by atoms with van der Waals surface area (Å²) in [5.41, 5.74) is 1.88. The Morgan fingerprint density at radius 3 is 2.62 bits per heavy atom. The second-order valence-corrected chi connectivity index (χ2v) is 6.10. The Morgan fingerprint density at radius 1 is 1.50 bits per heavy atom. The molecule has 0 radical (unpaired) electrons. The highest BCUT2D eigenvalue weighted by atomic mass is 28.1. The molecule has 1 unspecified atom stereocenters. The van der Waals surface area contributed by atoms with Crippen molar-refractivity contribution in [2.45, 2.75) is 44.8 Å². The first-order chi connectivity index (χ1) is 7.55. The molecular weight excluding hydrogens is 220 g/mol. The van der Waals surface area contributed by atoms with Gasteiger partial charge in [0.2, 0.25) is 0 Å². The first kappa shape index (κ1) is 13.5. The van der Waals surface area contributed by atoms with Crippen LogP contribution in [0.15, 0.2) is 11.1 Å². The van der Waals surface area contributed by atoms with Crippen molar-refractivity contribution in [2.75, 3.05) is 13.7 Å². The molecule has 1 atom stereocenters. The lowest BCUT2D eigenvalue weighted by Gasteiger charge is -2.36. The molecule has 16 heavy (non-hydrogen) atoms. The highest BCUT2D eigenvalue weighted by molar-refractivity contribution is 6.17. The molecule has 0 bridgehead atoms. The quantitative estimate of drug-likeness (QED) is 0.423. The summed E-state index contributed by atoms with van der Waals surface area (Å²) in [6, 6.07) is 0. The average molecular weight is 242 g/mol. The number of esters is 1. The number of carbonyl (C=O) groups excluding carboxylic acids is 1. The Balaban J connectivity index is 2.98. The minimum Gasteiger partial charge on any atom is -0.466 e. The van der Waals surface area contributed by atoms with Gasteiger partial charge in [0.25, 0.3) is 0 Å². The van der Waals surface area contributed by atoms with Gasteiger partial charge in [0.05, 0.1) is 12.3 Å². The molecule has 0 aromatic rings. The summed E-state index contributed by atoms with van der Waals surface area (Å²) in [5.74, 6) is -0.204. The molecule has 0 amide bonds. The largest absolute Gasteiger partial charge is 0.466 e. The van der Waals surface area contributed by atoms with Crippen LogP contribution in [0.25, 0.3) is 0 Å². The summed E-state index contributed by atoms with van der Waals surface area (Å²) in [7, 11) is 2.36. The van der Waals surface area contributed by atoms with Crippen molar-refractivity contribution in [3.8, 4) is 0 Å².